The van der Waals surface area contributed by atoms with E-state index in [-0.39, 0.29) is 42.1 Å². The summed E-state index contributed by atoms with van der Waals surface area (Å²) in [6, 6.07) is 15.6. The van der Waals surface area contributed by atoms with E-state index < -0.39 is 9.84 Å². The summed E-state index contributed by atoms with van der Waals surface area (Å²) in [6.45, 7) is 0. The van der Waals surface area contributed by atoms with Crippen LogP contribution >= 0.6 is 0 Å². The fourth-order valence-corrected chi connectivity index (χ4v) is 6.11. The highest BCUT2D eigenvalue weighted by molar-refractivity contribution is 7.91. The molecule has 8 nitrogen and oxygen atoms in total. The van der Waals surface area contributed by atoms with E-state index >= 15 is 0 Å². The molecular formula is C24H27N3O5S. The first-order valence-corrected chi connectivity index (χ1v) is 12.7. The van der Waals surface area contributed by atoms with E-state index in [1.807, 2.05) is 48.5 Å². The Hall–Kier alpha value is -3.33. The standard InChI is InChI=1S/C24H27N3O5S/c1-32-18-8-6-17(7-9-18)24-20(19-4-2-3-5-21(19)25-24)10-11-22(28)26-27-23(29)14-16-12-13-33(30,31)15-16/h2-9,16,25H,10-15H2,1H3,(H,26,28)(H,27,29). The zero-order valence-corrected chi connectivity index (χ0v) is 19.2. The zero-order valence-electron chi connectivity index (χ0n) is 18.4. The number of rotatable bonds is 7. The molecule has 1 atom stereocenters. The molecule has 3 N–H and O–H groups in total. The number of carbonyl (C=O) groups is 2. The lowest BCUT2D eigenvalue weighted by Gasteiger charge is -2.10. The van der Waals surface area contributed by atoms with Gasteiger partial charge in [-0.1, -0.05) is 18.2 Å². The minimum absolute atomic E-state index is 0.0308. The maximum absolute atomic E-state index is 12.4. The molecule has 1 unspecified atom stereocenters. The molecule has 0 bridgehead atoms. The van der Waals surface area contributed by atoms with Crippen molar-refractivity contribution in [1.29, 1.82) is 0 Å². The monoisotopic (exact) mass is 469 g/mol. The predicted molar refractivity (Wildman–Crippen MR) is 126 cm³/mol. The van der Waals surface area contributed by atoms with Gasteiger partial charge in [0.1, 0.15) is 5.75 Å². The van der Waals surface area contributed by atoms with E-state index in [2.05, 4.69) is 15.8 Å². The van der Waals surface area contributed by atoms with E-state index in [1.165, 1.54) is 0 Å². The Balaban J connectivity index is 1.39. The Kier molecular flexibility index (Phi) is 6.69. The minimum atomic E-state index is -3.03. The Labute approximate surface area is 192 Å². The first kappa shape index (κ1) is 22.8. The van der Waals surface area contributed by atoms with Crippen LogP contribution in [0.5, 0.6) is 5.75 Å². The van der Waals surface area contributed by atoms with Crippen LogP contribution in [-0.4, -0.2) is 43.8 Å². The van der Waals surface area contributed by atoms with E-state index in [1.54, 1.807) is 7.11 Å². The summed E-state index contributed by atoms with van der Waals surface area (Å²) in [6.07, 6.45) is 1.24. The average molecular weight is 470 g/mol. The quantitative estimate of drug-likeness (QED) is 0.460. The maximum atomic E-state index is 12.4. The summed E-state index contributed by atoms with van der Waals surface area (Å²) in [7, 11) is -1.41. The van der Waals surface area contributed by atoms with Crippen molar-refractivity contribution in [3.8, 4) is 17.0 Å². The van der Waals surface area contributed by atoms with Gasteiger partial charge in [0.05, 0.1) is 18.6 Å². The third-order valence-corrected chi connectivity index (χ3v) is 7.77. The Morgan fingerprint density at radius 3 is 2.48 bits per heavy atom. The predicted octanol–water partition coefficient (Wildman–Crippen LogP) is 2.75. The lowest BCUT2D eigenvalue weighted by atomic mass is 10.0. The fourth-order valence-electron chi connectivity index (χ4n) is 4.25. The summed E-state index contributed by atoms with van der Waals surface area (Å²) in [5.41, 5.74) is 8.79. The molecule has 1 aromatic heterocycles. The minimum Gasteiger partial charge on any atom is -0.497 e. The zero-order chi connectivity index (χ0) is 23.4. The molecule has 0 spiro atoms. The van der Waals surface area contributed by atoms with E-state index in [9.17, 15) is 18.0 Å². The van der Waals surface area contributed by atoms with E-state index in [0.717, 1.165) is 33.5 Å². The number of aromatic amines is 1. The largest absolute Gasteiger partial charge is 0.497 e. The number of ether oxygens (including phenoxy) is 1. The number of benzene rings is 2. The van der Waals surface area contributed by atoms with Crippen molar-refractivity contribution in [2.24, 2.45) is 5.92 Å². The number of carbonyl (C=O) groups excluding carboxylic acids is 2. The molecular weight excluding hydrogens is 442 g/mol. The summed E-state index contributed by atoms with van der Waals surface area (Å²) in [5.74, 6) is 0.0402. The fraction of sp³-hybridized carbons (Fsp3) is 0.333. The molecule has 1 aliphatic rings. The lowest BCUT2D eigenvalue weighted by Crippen LogP contribution is -2.42. The number of amides is 2. The topological polar surface area (TPSA) is 117 Å². The summed E-state index contributed by atoms with van der Waals surface area (Å²) in [5, 5.41) is 1.04. The second-order valence-corrected chi connectivity index (χ2v) is 10.6. The van der Waals surface area contributed by atoms with Crippen LogP contribution in [0.4, 0.5) is 0 Å². The molecule has 1 aliphatic heterocycles. The highest BCUT2D eigenvalue weighted by Crippen LogP contribution is 2.32. The summed E-state index contributed by atoms with van der Waals surface area (Å²) < 4.78 is 28.3. The van der Waals surface area contributed by atoms with E-state index in [4.69, 9.17) is 4.74 Å². The van der Waals surface area contributed by atoms with Gasteiger partial charge in [-0.3, -0.25) is 20.4 Å². The van der Waals surface area contributed by atoms with Crippen molar-refractivity contribution < 1.29 is 22.7 Å². The number of nitrogens with one attached hydrogen (secondary N) is 3. The Morgan fingerprint density at radius 1 is 1.06 bits per heavy atom. The van der Waals surface area contributed by atoms with Gasteiger partial charge in [0, 0.05) is 29.4 Å². The van der Waals surface area contributed by atoms with Crippen LogP contribution in [0.2, 0.25) is 0 Å². The molecule has 3 aromatic rings. The molecule has 33 heavy (non-hydrogen) atoms. The van der Waals surface area contributed by atoms with E-state index in [0.29, 0.717) is 12.8 Å². The van der Waals surface area contributed by atoms with Crippen LogP contribution in [0.15, 0.2) is 48.5 Å². The Morgan fingerprint density at radius 2 is 1.79 bits per heavy atom. The molecule has 9 heteroatoms. The average Bonchev–Trinajstić information content (AvgIpc) is 3.35. The number of fused-ring (bicyclic) bond motifs is 1. The van der Waals surface area contributed by atoms with Gasteiger partial charge in [0.15, 0.2) is 9.84 Å². The van der Waals surface area contributed by atoms with Crippen molar-refractivity contribution in [2.45, 2.75) is 25.7 Å². The van der Waals surface area contributed by atoms with Gasteiger partial charge in [0.25, 0.3) is 0 Å². The van der Waals surface area contributed by atoms with Gasteiger partial charge in [-0.2, -0.15) is 0 Å². The molecule has 0 saturated carbocycles. The Bertz CT molecular complexity index is 1260. The van der Waals surface area contributed by atoms with Crippen molar-refractivity contribution in [1.82, 2.24) is 15.8 Å². The molecule has 174 valence electrons. The SMILES string of the molecule is COc1ccc(-c2[nH]c3ccccc3c2CCC(=O)NNC(=O)CC2CCS(=O)(=O)C2)cc1. The maximum Gasteiger partial charge on any atom is 0.238 e. The lowest BCUT2D eigenvalue weighted by molar-refractivity contribution is -0.129. The van der Waals surface area contributed by atoms with Crippen LogP contribution in [0, 0.1) is 5.92 Å². The molecule has 2 heterocycles. The smallest absolute Gasteiger partial charge is 0.238 e. The van der Waals surface area contributed by atoms with Crippen LogP contribution in [0.1, 0.15) is 24.8 Å². The highest BCUT2D eigenvalue weighted by Gasteiger charge is 2.29. The number of hydrogen-bond acceptors (Lipinski definition) is 5. The molecule has 4 rings (SSSR count). The molecule has 0 radical (unpaired) electrons. The number of para-hydroxylation sites is 1. The van der Waals surface area contributed by atoms with Gasteiger partial charge in [0.2, 0.25) is 11.8 Å². The third kappa shape index (κ3) is 5.54. The van der Waals surface area contributed by atoms with Crippen molar-refractivity contribution in [3.63, 3.8) is 0 Å². The van der Waals surface area contributed by atoms with Gasteiger partial charge >= 0.3 is 0 Å². The van der Waals surface area contributed by atoms with Gasteiger partial charge in [-0.25, -0.2) is 8.42 Å². The van der Waals surface area contributed by atoms with Crippen molar-refractivity contribution >= 4 is 32.6 Å². The second-order valence-electron chi connectivity index (χ2n) is 8.32. The van der Waals surface area contributed by atoms with Gasteiger partial charge in [-0.05, 0) is 60.2 Å². The van der Waals surface area contributed by atoms with Crippen LogP contribution < -0.4 is 15.6 Å². The van der Waals surface area contributed by atoms with Gasteiger partial charge < -0.3 is 9.72 Å². The summed E-state index contributed by atoms with van der Waals surface area (Å²) >= 11 is 0. The normalized spacial score (nSPS) is 17.1. The second kappa shape index (κ2) is 9.66. The number of H-pyrrole nitrogens is 1. The number of sulfone groups is 1. The van der Waals surface area contributed by atoms with Crippen LogP contribution in [0.3, 0.4) is 0 Å². The molecule has 1 saturated heterocycles. The molecule has 1 fully saturated rings. The number of aryl methyl sites for hydroxylation is 1. The molecule has 0 aliphatic carbocycles. The highest BCUT2D eigenvalue weighted by atomic mass is 32.2. The summed E-state index contributed by atoms with van der Waals surface area (Å²) in [4.78, 5) is 27.9. The first-order valence-electron chi connectivity index (χ1n) is 10.9. The van der Waals surface area contributed by atoms with Crippen molar-refractivity contribution in [3.05, 3.63) is 54.1 Å². The van der Waals surface area contributed by atoms with Crippen LogP contribution in [-0.2, 0) is 25.8 Å². The number of methoxy groups -OCH3 is 1. The van der Waals surface area contributed by atoms with Crippen molar-refractivity contribution in [2.75, 3.05) is 18.6 Å². The molecule has 2 amide bonds. The first-order chi connectivity index (χ1) is 15.8. The third-order valence-electron chi connectivity index (χ3n) is 5.94. The number of hydrogen-bond donors (Lipinski definition) is 3. The number of hydrazine groups is 1. The van der Waals surface area contributed by atoms with Crippen LogP contribution in [0.25, 0.3) is 22.2 Å². The van der Waals surface area contributed by atoms with Gasteiger partial charge in [-0.15, -0.1) is 0 Å². The molecule has 2 aromatic carbocycles. The number of aromatic nitrogens is 1.